The van der Waals surface area contributed by atoms with Crippen molar-refractivity contribution < 1.29 is 13.6 Å². The van der Waals surface area contributed by atoms with Gasteiger partial charge in [-0.25, -0.2) is 8.78 Å². The molecule has 0 unspecified atom stereocenters. The number of benzene rings is 1. The zero-order chi connectivity index (χ0) is 9.84. The first-order valence-corrected chi connectivity index (χ1v) is 4.21. The summed E-state index contributed by atoms with van der Waals surface area (Å²) in [6, 6.07) is 2.39. The predicted molar refractivity (Wildman–Crippen MR) is 49.2 cm³/mol. The first-order valence-electron chi connectivity index (χ1n) is 3.42. The Hall–Kier alpha value is -1.03. The van der Waals surface area contributed by atoms with Gasteiger partial charge in [0.1, 0.15) is 17.9 Å². The Balaban J connectivity index is 3.25. The Kier molecular flexibility index (Phi) is 3.31. The molecule has 0 saturated carbocycles. The maximum Gasteiger partial charge on any atom is 0.147 e. The van der Waals surface area contributed by atoms with Gasteiger partial charge in [-0.15, -0.1) is 0 Å². The number of carbonyl (C=O) groups is 1. The summed E-state index contributed by atoms with van der Waals surface area (Å²) in [5, 5.41) is 0. The van der Waals surface area contributed by atoms with Crippen molar-refractivity contribution in [1.29, 1.82) is 0 Å². The second-order valence-corrected chi connectivity index (χ2v) is 3.11. The molecule has 0 N–H and O–H groups in total. The molecule has 0 atom stereocenters. The van der Waals surface area contributed by atoms with Crippen molar-refractivity contribution in [2.75, 3.05) is 0 Å². The van der Waals surface area contributed by atoms with E-state index in [0.29, 0.717) is 6.29 Å². The van der Waals surface area contributed by atoms with Gasteiger partial charge in [0.2, 0.25) is 0 Å². The molecule has 0 amide bonds. The van der Waals surface area contributed by atoms with Crippen LogP contribution in [0.25, 0.3) is 6.08 Å². The van der Waals surface area contributed by atoms with Crippen LogP contribution in [0.4, 0.5) is 8.78 Å². The average molecular weight is 247 g/mol. The van der Waals surface area contributed by atoms with Crippen molar-refractivity contribution in [3.8, 4) is 0 Å². The summed E-state index contributed by atoms with van der Waals surface area (Å²) >= 11 is 2.91. The average Bonchev–Trinajstić information content (AvgIpc) is 2.12. The predicted octanol–water partition coefficient (Wildman–Crippen LogP) is 2.94. The molecule has 0 radical (unpaired) electrons. The highest BCUT2D eigenvalue weighted by Gasteiger charge is 2.08. The van der Waals surface area contributed by atoms with Gasteiger partial charge in [0.25, 0.3) is 0 Å². The molecular formula is C9H5BrF2O. The third-order valence-electron chi connectivity index (χ3n) is 1.42. The molecule has 68 valence electrons. The number of allylic oxidation sites excluding steroid dienone is 1. The second kappa shape index (κ2) is 4.28. The number of hydrogen-bond acceptors (Lipinski definition) is 1. The van der Waals surface area contributed by atoms with Crippen molar-refractivity contribution in [2.45, 2.75) is 0 Å². The Morgan fingerprint density at radius 3 is 2.62 bits per heavy atom. The van der Waals surface area contributed by atoms with Crippen molar-refractivity contribution in [3.05, 3.63) is 39.9 Å². The monoisotopic (exact) mass is 246 g/mol. The zero-order valence-electron chi connectivity index (χ0n) is 6.43. The van der Waals surface area contributed by atoms with E-state index in [-0.39, 0.29) is 10.0 Å². The third-order valence-corrected chi connectivity index (χ3v) is 2.03. The van der Waals surface area contributed by atoms with E-state index < -0.39 is 11.6 Å². The highest BCUT2D eigenvalue weighted by molar-refractivity contribution is 9.10. The minimum Gasteiger partial charge on any atom is -0.299 e. The highest BCUT2D eigenvalue weighted by atomic mass is 79.9. The topological polar surface area (TPSA) is 17.1 Å². The van der Waals surface area contributed by atoms with Crippen molar-refractivity contribution in [3.63, 3.8) is 0 Å². The van der Waals surface area contributed by atoms with Gasteiger partial charge in [-0.1, -0.05) is 0 Å². The van der Waals surface area contributed by atoms with Gasteiger partial charge in [0, 0.05) is 5.56 Å². The molecule has 1 rings (SSSR count). The van der Waals surface area contributed by atoms with Gasteiger partial charge >= 0.3 is 0 Å². The van der Waals surface area contributed by atoms with Crippen LogP contribution in [0.3, 0.4) is 0 Å². The fraction of sp³-hybridized carbons (Fsp3) is 0. The van der Waals surface area contributed by atoms with E-state index in [1.54, 1.807) is 0 Å². The minimum atomic E-state index is -0.710. The molecule has 0 spiro atoms. The summed E-state index contributed by atoms with van der Waals surface area (Å²) in [6.45, 7) is 0. The lowest BCUT2D eigenvalue weighted by atomic mass is 10.2. The van der Waals surface area contributed by atoms with Gasteiger partial charge in [-0.3, -0.25) is 4.79 Å². The Morgan fingerprint density at radius 2 is 2.00 bits per heavy atom. The fourth-order valence-electron chi connectivity index (χ4n) is 0.831. The van der Waals surface area contributed by atoms with E-state index in [0.717, 1.165) is 18.2 Å². The molecule has 0 aliphatic carbocycles. The lowest BCUT2D eigenvalue weighted by molar-refractivity contribution is -0.104. The molecule has 0 heterocycles. The minimum absolute atomic E-state index is 0.166. The molecule has 0 aliphatic rings. The molecule has 13 heavy (non-hydrogen) atoms. The summed E-state index contributed by atoms with van der Waals surface area (Å²) in [5.41, 5.74) is -0.221. The summed E-state index contributed by atoms with van der Waals surface area (Å²) in [7, 11) is 0. The number of aldehydes is 1. The van der Waals surface area contributed by atoms with Gasteiger partial charge in [-0.2, -0.15) is 0 Å². The number of rotatable bonds is 2. The summed E-state index contributed by atoms with van der Waals surface area (Å²) < 4.78 is 26.2. The van der Waals surface area contributed by atoms with Gasteiger partial charge in [0.15, 0.2) is 0 Å². The quantitative estimate of drug-likeness (QED) is 0.446. The van der Waals surface area contributed by atoms with Crippen LogP contribution in [-0.2, 0) is 4.79 Å². The molecule has 0 saturated heterocycles. The van der Waals surface area contributed by atoms with Crippen LogP contribution in [0.1, 0.15) is 5.56 Å². The summed E-state index contributed by atoms with van der Waals surface area (Å²) in [6.07, 6.45) is 2.58. The van der Waals surface area contributed by atoms with Gasteiger partial charge in [-0.05, 0) is 40.2 Å². The first-order chi connectivity index (χ1) is 6.16. The van der Waals surface area contributed by atoms with Crippen LogP contribution in [0.15, 0.2) is 22.7 Å². The lowest BCUT2D eigenvalue weighted by Crippen LogP contribution is -1.89. The molecule has 1 aromatic carbocycles. The molecule has 0 fully saturated rings. The van der Waals surface area contributed by atoms with Crippen LogP contribution in [0.5, 0.6) is 0 Å². The molecule has 4 heteroatoms. The summed E-state index contributed by atoms with van der Waals surface area (Å²) in [5.74, 6) is -1.41. The zero-order valence-corrected chi connectivity index (χ0v) is 8.01. The van der Waals surface area contributed by atoms with Crippen LogP contribution >= 0.6 is 15.9 Å². The Morgan fingerprint density at radius 1 is 1.31 bits per heavy atom. The number of carbonyl (C=O) groups excluding carboxylic acids is 1. The Bertz CT molecular complexity index is 361. The lowest BCUT2D eigenvalue weighted by Gasteiger charge is -2.00. The highest BCUT2D eigenvalue weighted by Crippen LogP contribution is 2.22. The Labute approximate surface area is 82.2 Å². The normalized spacial score (nSPS) is 10.7. The number of halogens is 3. The largest absolute Gasteiger partial charge is 0.299 e. The van der Waals surface area contributed by atoms with Crippen molar-refractivity contribution in [1.82, 2.24) is 0 Å². The van der Waals surface area contributed by atoms with E-state index in [2.05, 4.69) is 15.9 Å². The first kappa shape index (κ1) is 10.1. The van der Waals surface area contributed by atoms with Crippen LogP contribution in [-0.4, -0.2) is 6.29 Å². The SMILES string of the molecule is O=CC=Cc1c(F)ccc(Br)c1F. The molecular weight excluding hydrogens is 242 g/mol. The molecule has 1 nitrogen and oxygen atoms in total. The molecule has 0 bridgehead atoms. The molecule has 0 aliphatic heterocycles. The van der Waals surface area contributed by atoms with Crippen molar-refractivity contribution >= 4 is 28.3 Å². The molecule has 0 aromatic heterocycles. The maximum atomic E-state index is 13.1. The van der Waals surface area contributed by atoms with Crippen LogP contribution in [0.2, 0.25) is 0 Å². The van der Waals surface area contributed by atoms with Crippen LogP contribution < -0.4 is 0 Å². The van der Waals surface area contributed by atoms with Crippen LogP contribution in [0, 0.1) is 11.6 Å². The smallest absolute Gasteiger partial charge is 0.147 e. The van der Waals surface area contributed by atoms with E-state index in [4.69, 9.17) is 0 Å². The molecule has 1 aromatic rings. The third kappa shape index (κ3) is 2.21. The van der Waals surface area contributed by atoms with Crippen molar-refractivity contribution in [2.24, 2.45) is 0 Å². The summed E-state index contributed by atoms with van der Waals surface area (Å²) in [4.78, 5) is 9.94. The maximum absolute atomic E-state index is 13.1. The van der Waals surface area contributed by atoms with E-state index in [9.17, 15) is 13.6 Å². The van der Waals surface area contributed by atoms with E-state index in [1.165, 1.54) is 6.07 Å². The standard InChI is InChI=1S/C9H5BrF2O/c10-7-3-4-8(11)6(9(7)12)2-1-5-13/h1-5H. The fourth-order valence-corrected chi connectivity index (χ4v) is 1.18. The van der Waals surface area contributed by atoms with E-state index >= 15 is 0 Å². The van der Waals surface area contributed by atoms with Gasteiger partial charge in [0.05, 0.1) is 4.47 Å². The van der Waals surface area contributed by atoms with E-state index in [1.807, 2.05) is 0 Å². The second-order valence-electron chi connectivity index (χ2n) is 2.25. The number of hydrogen-bond donors (Lipinski definition) is 0. The van der Waals surface area contributed by atoms with Gasteiger partial charge < -0.3 is 0 Å².